The molecule has 0 unspecified atom stereocenters. The third kappa shape index (κ3) is 4.06. The second-order valence-corrected chi connectivity index (χ2v) is 7.39. The van der Waals surface area contributed by atoms with E-state index in [1.54, 1.807) is 0 Å². The molecule has 0 fully saturated rings. The number of hydrogen-bond donors (Lipinski definition) is 1. The fourth-order valence-electron chi connectivity index (χ4n) is 3.53. The number of benzene rings is 2. The summed E-state index contributed by atoms with van der Waals surface area (Å²) in [6, 6.07) is 3.57. The van der Waals surface area contributed by atoms with Crippen molar-refractivity contribution in [3.8, 4) is 0 Å². The standard InChI is InChI=1S/C20H15F5N6O2/c1-11(31-18(32)14-4-2-12(20(23,24)25)6-17(14)28-29-31)19(33,8-30-10-26-9-27-30)15-5-3-13(21)7-16(15)22/h2-7,9-11,33H,8H2,1H3/t11-,19-/m1/s1. The molecule has 0 bridgehead atoms. The maximum absolute atomic E-state index is 14.7. The Labute approximate surface area is 181 Å². The van der Waals surface area contributed by atoms with Crippen LogP contribution in [0.2, 0.25) is 0 Å². The molecule has 0 saturated heterocycles. The van der Waals surface area contributed by atoms with Crippen LogP contribution >= 0.6 is 0 Å². The van der Waals surface area contributed by atoms with E-state index in [1.807, 2.05) is 0 Å². The van der Waals surface area contributed by atoms with Crippen LogP contribution in [0.4, 0.5) is 22.0 Å². The highest BCUT2D eigenvalue weighted by atomic mass is 19.4. The number of rotatable bonds is 5. The second-order valence-electron chi connectivity index (χ2n) is 7.39. The monoisotopic (exact) mass is 466 g/mol. The predicted molar refractivity (Wildman–Crippen MR) is 104 cm³/mol. The van der Waals surface area contributed by atoms with Gasteiger partial charge in [0.05, 0.1) is 23.5 Å². The van der Waals surface area contributed by atoms with Gasteiger partial charge in [0.15, 0.2) is 0 Å². The van der Waals surface area contributed by atoms with Gasteiger partial charge < -0.3 is 5.11 Å². The Morgan fingerprint density at radius 3 is 2.52 bits per heavy atom. The molecule has 2 heterocycles. The third-order valence-corrected chi connectivity index (χ3v) is 5.34. The summed E-state index contributed by atoms with van der Waals surface area (Å²) in [6.07, 6.45) is -2.23. The molecule has 2 atom stereocenters. The van der Waals surface area contributed by atoms with Crippen molar-refractivity contribution < 1.29 is 27.1 Å². The molecule has 0 aliphatic carbocycles. The Morgan fingerprint density at radius 2 is 1.88 bits per heavy atom. The molecule has 0 aliphatic heterocycles. The van der Waals surface area contributed by atoms with Gasteiger partial charge in [-0.15, -0.1) is 5.10 Å². The van der Waals surface area contributed by atoms with E-state index < -0.39 is 47.1 Å². The summed E-state index contributed by atoms with van der Waals surface area (Å²) >= 11 is 0. The summed E-state index contributed by atoms with van der Waals surface area (Å²) in [5, 5.41) is 22.6. The average molecular weight is 466 g/mol. The average Bonchev–Trinajstić information content (AvgIpc) is 3.25. The van der Waals surface area contributed by atoms with Gasteiger partial charge in [-0.2, -0.15) is 18.3 Å². The molecule has 13 heteroatoms. The third-order valence-electron chi connectivity index (χ3n) is 5.34. The Balaban J connectivity index is 1.86. The van der Waals surface area contributed by atoms with Crippen molar-refractivity contribution in [3.05, 3.63) is 82.2 Å². The van der Waals surface area contributed by atoms with Crippen LogP contribution in [0.15, 0.2) is 53.8 Å². The summed E-state index contributed by atoms with van der Waals surface area (Å²) in [6.45, 7) is 0.932. The summed E-state index contributed by atoms with van der Waals surface area (Å²) in [5.74, 6) is -1.96. The van der Waals surface area contributed by atoms with Gasteiger partial charge in [0, 0.05) is 11.6 Å². The molecule has 2 aromatic heterocycles. The first-order valence-corrected chi connectivity index (χ1v) is 9.47. The molecule has 0 saturated carbocycles. The van der Waals surface area contributed by atoms with Crippen molar-refractivity contribution in [1.82, 2.24) is 29.8 Å². The smallest absolute Gasteiger partial charge is 0.381 e. The molecule has 2 aromatic carbocycles. The number of hydrogen-bond acceptors (Lipinski definition) is 6. The first-order chi connectivity index (χ1) is 15.5. The van der Waals surface area contributed by atoms with Crippen molar-refractivity contribution in [2.24, 2.45) is 0 Å². The van der Waals surface area contributed by atoms with Crippen LogP contribution in [0.5, 0.6) is 0 Å². The minimum absolute atomic E-state index is 0.187. The second kappa shape index (κ2) is 7.99. The van der Waals surface area contributed by atoms with Gasteiger partial charge in [-0.1, -0.05) is 11.3 Å². The van der Waals surface area contributed by atoms with Gasteiger partial charge in [-0.05, 0) is 31.2 Å². The van der Waals surface area contributed by atoms with Crippen LogP contribution < -0.4 is 5.56 Å². The molecule has 4 rings (SSSR count). The minimum Gasteiger partial charge on any atom is -0.381 e. The van der Waals surface area contributed by atoms with Crippen molar-refractivity contribution in [3.63, 3.8) is 0 Å². The molecule has 33 heavy (non-hydrogen) atoms. The highest BCUT2D eigenvalue weighted by Crippen LogP contribution is 2.36. The van der Waals surface area contributed by atoms with Crippen molar-refractivity contribution in [2.45, 2.75) is 31.3 Å². The predicted octanol–water partition coefficient (Wildman–Crippen LogP) is 2.83. The highest BCUT2D eigenvalue weighted by Gasteiger charge is 2.42. The van der Waals surface area contributed by atoms with Crippen molar-refractivity contribution in [2.75, 3.05) is 0 Å². The van der Waals surface area contributed by atoms with E-state index in [0.29, 0.717) is 12.1 Å². The van der Waals surface area contributed by atoms with E-state index in [1.165, 1.54) is 24.3 Å². The van der Waals surface area contributed by atoms with Gasteiger partial charge in [0.2, 0.25) is 0 Å². The van der Waals surface area contributed by atoms with E-state index >= 15 is 0 Å². The first-order valence-electron chi connectivity index (χ1n) is 9.47. The van der Waals surface area contributed by atoms with E-state index in [-0.39, 0.29) is 16.5 Å². The largest absolute Gasteiger partial charge is 0.416 e. The van der Waals surface area contributed by atoms with E-state index in [0.717, 1.165) is 28.9 Å². The molecule has 0 aliphatic rings. The van der Waals surface area contributed by atoms with Gasteiger partial charge in [0.25, 0.3) is 5.56 Å². The Hall–Kier alpha value is -3.74. The van der Waals surface area contributed by atoms with E-state index in [4.69, 9.17) is 0 Å². The van der Waals surface area contributed by atoms with Crippen molar-refractivity contribution >= 4 is 10.9 Å². The first kappa shape index (κ1) is 22.5. The molecular weight excluding hydrogens is 451 g/mol. The molecule has 0 amide bonds. The summed E-state index contributed by atoms with van der Waals surface area (Å²) in [5.41, 5.74) is -4.73. The minimum atomic E-state index is -4.64. The van der Waals surface area contributed by atoms with Gasteiger partial charge >= 0.3 is 6.18 Å². The molecule has 4 aromatic rings. The number of fused-ring (bicyclic) bond motifs is 1. The van der Waals surface area contributed by atoms with Crippen LogP contribution in [-0.2, 0) is 18.3 Å². The summed E-state index contributed by atoms with van der Waals surface area (Å²) < 4.78 is 69.0. The topological polar surface area (TPSA) is 98.7 Å². The van der Waals surface area contributed by atoms with Gasteiger partial charge in [0.1, 0.15) is 35.4 Å². The molecular formula is C20H15F5N6O2. The number of nitrogens with zero attached hydrogens (tertiary/aromatic N) is 6. The van der Waals surface area contributed by atoms with Crippen LogP contribution in [0.25, 0.3) is 10.9 Å². The number of alkyl halides is 3. The Morgan fingerprint density at radius 1 is 1.12 bits per heavy atom. The fraction of sp³-hybridized carbons (Fsp3) is 0.250. The summed E-state index contributed by atoms with van der Waals surface area (Å²) in [7, 11) is 0. The quantitative estimate of drug-likeness (QED) is 0.455. The molecule has 1 N–H and O–H groups in total. The number of aliphatic hydroxyl groups is 1. The SMILES string of the molecule is C[C@@H](n1nnc2cc(C(F)(F)F)ccc2c1=O)[C@](O)(Cn1cncn1)c1ccc(F)cc1F. The highest BCUT2D eigenvalue weighted by molar-refractivity contribution is 5.77. The van der Waals surface area contributed by atoms with Crippen LogP contribution in [0, 0.1) is 11.6 Å². The maximum Gasteiger partial charge on any atom is 0.416 e. The number of aromatic nitrogens is 6. The lowest BCUT2D eigenvalue weighted by Gasteiger charge is -2.34. The van der Waals surface area contributed by atoms with Crippen LogP contribution in [-0.4, -0.2) is 34.9 Å². The van der Waals surface area contributed by atoms with Crippen LogP contribution in [0.1, 0.15) is 24.1 Å². The normalized spacial score (nSPS) is 14.9. The molecule has 0 radical (unpaired) electrons. The van der Waals surface area contributed by atoms with Crippen LogP contribution in [0.3, 0.4) is 0 Å². The lowest BCUT2D eigenvalue weighted by atomic mass is 9.86. The fourth-order valence-corrected chi connectivity index (χ4v) is 3.53. The zero-order valence-corrected chi connectivity index (χ0v) is 16.8. The van der Waals surface area contributed by atoms with E-state index in [9.17, 15) is 31.9 Å². The lowest BCUT2D eigenvalue weighted by molar-refractivity contribution is -0.137. The zero-order chi connectivity index (χ0) is 24.0. The molecule has 0 spiro atoms. The van der Waals surface area contributed by atoms with Crippen molar-refractivity contribution in [1.29, 1.82) is 0 Å². The molecule has 8 nitrogen and oxygen atoms in total. The number of halogens is 5. The lowest BCUT2D eigenvalue weighted by Crippen LogP contribution is -2.44. The van der Waals surface area contributed by atoms with E-state index in [2.05, 4.69) is 20.4 Å². The maximum atomic E-state index is 14.7. The van der Waals surface area contributed by atoms with Gasteiger partial charge in [-0.25, -0.2) is 23.1 Å². The molecule has 172 valence electrons. The van der Waals surface area contributed by atoms with Gasteiger partial charge in [-0.3, -0.25) is 4.79 Å². The zero-order valence-electron chi connectivity index (χ0n) is 16.8. The summed E-state index contributed by atoms with van der Waals surface area (Å²) in [4.78, 5) is 16.8. The Bertz CT molecular complexity index is 1370. The Kier molecular flexibility index (Phi) is 5.44.